The van der Waals surface area contributed by atoms with Crippen LogP contribution in [0.1, 0.15) is 26.3 Å². The van der Waals surface area contributed by atoms with Crippen molar-refractivity contribution in [3.05, 3.63) is 64.9 Å². The Bertz CT molecular complexity index is 932. The van der Waals surface area contributed by atoms with Crippen LogP contribution in [0.5, 0.6) is 0 Å². The number of likely N-dealkylation sites (N-methyl/N-ethyl adjacent to an activating group) is 1. The average molecular weight is 500 g/mol. The molecule has 2 fully saturated rings. The van der Waals surface area contributed by atoms with Gasteiger partial charge in [0.25, 0.3) is 5.91 Å². The van der Waals surface area contributed by atoms with E-state index in [1.54, 1.807) is 4.90 Å². The molecule has 172 valence electrons. The Morgan fingerprint density at radius 2 is 2.00 bits per heavy atom. The highest BCUT2D eigenvalue weighted by Crippen LogP contribution is 2.33. The summed E-state index contributed by atoms with van der Waals surface area (Å²) in [4.78, 5) is 19.7. The Labute approximate surface area is 200 Å². The lowest BCUT2D eigenvalue weighted by molar-refractivity contribution is -0.114. The van der Waals surface area contributed by atoms with Crippen LogP contribution in [0.4, 0.5) is 5.69 Å². The summed E-state index contributed by atoms with van der Waals surface area (Å²) < 4.78 is 0.881. The van der Waals surface area contributed by atoms with Gasteiger partial charge in [-0.3, -0.25) is 9.69 Å². The molecule has 2 saturated heterocycles. The van der Waals surface area contributed by atoms with Crippen LogP contribution >= 0.6 is 15.9 Å². The highest BCUT2D eigenvalue weighted by atomic mass is 79.9. The minimum Gasteiger partial charge on any atom is -0.373 e. The number of rotatable bonds is 7. The van der Waals surface area contributed by atoms with Gasteiger partial charge in [-0.2, -0.15) is 0 Å². The highest BCUT2D eigenvalue weighted by Gasteiger charge is 2.36. The molecular weight excluding hydrogens is 466 g/mol. The molecular formula is C25H34BrN5O. The lowest BCUT2D eigenvalue weighted by atomic mass is 9.85. The molecule has 0 spiro atoms. The van der Waals surface area contributed by atoms with Crippen LogP contribution in [0.2, 0.25) is 0 Å². The van der Waals surface area contributed by atoms with Crippen LogP contribution in [0.25, 0.3) is 0 Å². The van der Waals surface area contributed by atoms with Gasteiger partial charge in [0.05, 0.1) is 5.69 Å². The van der Waals surface area contributed by atoms with Gasteiger partial charge in [0.2, 0.25) is 0 Å². The number of hydrogen-bond acceptors (Lipinski definition) is 5. The van der Waals surface area contributed by atoms with E-state index in [4.69, 9.17) is 5.41 Å². The minimum atomic E-state index is -0.203. The number of nitrogens with one attached hydrogen (secondary N) is 2. The first-order chi connectivity index (χ1) is 15.3. The molecule has 1 aromatic rings. The summed E-state index contributed by atoms with van der Waals surface area (Å²) >= 11 is 3.55. The van der Waals surface area contributed by atoms with Crippen molar-refractivity contribution in [2.24, 2.45) is 11.8 Å². The van der Waals surface area contributed by atoms with E-state index in [0.29, 0.717) is 11.4 Å². The third kappa shape index (κ3) is 5.15. The number of hydrogen-bond donors (Lipinski definition) is 2. The van der Waals surface area contributed by atoms with E-state index in [1.807, 2.05) is 56.5 Å². The van der Waals surface area contributed by atoms with Crippen LogP contribution in [0, 0.1) is 17.2 Å². The third-order valence-electron chi connectivity index (χ3n) is 6.23. The normalized spacial score (nSPS) is 23.0. The van der Waals surface area contributed by atoms with E-state index >= 15 is 0 Å². The van der Waals surface area contributed by atoms with Gasteiger partial charge < -0.3 is 20.5 Å². The fraction of sp³-hybridized carbons (Fsp3) is 0.440. The number of amides is 1. The second-order valence-electron chi connectivity index (χ2n) is 8.60. The SMILES string of the molecule is C=CC(C)C(/C=C\C)C(=N)c1cc(Br)ccc1N1C(=O)/C(=C/N2CCN(C)CC2)NC1C. The Kier molecular flexibility index (Phi) is 7.96. The summed E-state index contributed by atoms with van der Waals surface area (Å²) in [5.74, 6) is -0.0814. The van der Waals surface area contributed by atoms with Gasteiger partial charge in [-0.25, -0.2) is 0 Å². The average Bonchev–Trinajstić information content (AvgIpc) is 3.05. The van der Waals surface area contributed by atoms with E-state index in [2.05, 4.69) is 51.6 Å². The smallest absolute Gasteiger partial charge is 0.277 e. The fourth-order valence-electron chi connectivity index (χ4n) is 4.20. The molecule has 0 bridgehead atoms. The van der Waals surface area contributed by atoms with Crippen molar-refractivity contribution in [1.82, 2.24) is 15.1 Å². The molecule has 0 saturated carbocycles. The van der Waals surface area contributed by atoms with Crippen molar-refractivity contribution < 1.29 is 4.79 Å². The Hall–Kier alpha value is -2.38. The van der Waals surface area contributed by atoms with Gasteiger partial charge in [-0.1, -0.05) is 41.1 Å². The Balaban J connectivity index is 1.95. The zero-order valence-corrected chi connectivity index (χ0v) is 21.0. The van der Waals surface area contributed by atoms with Crippen molar-refractivity contribution in [2.45, 2.75) is 26.9 Å². The van der Waals surface area contributed by atoms with Gasteiger partial charge in [0, 0.05) is 54.0 Å². The van der Waals surface area contributed by atoms with E-state index in [9.17, 15) is 4.79 Å². The maximum Gasteiger partial charge on any atom is 0.277 e. The van der Waals surface area contributed by atoms with E-state index in [0.717, 1.165) is 41.9 Å². The zero-order valence-electron chi connectivity index (χ0n) is 19.4. The molecule has 0 aliphatic carbocycles. The molecule has 3 rings (SSSR count). The Morgan fingerprint density at radius 1 is 1.31 bits per heavy atom. The first kappa shape index (κ1) is 24.3. The first-order valence-corrected chi connectivity index (χ1v) is 11.9. The minimum absolute atomic E-state index is 0.0628. The van der Waals surface area contributed by atoms with Crippen molar-refractivity contribution in [3.63, 3.8) is 0 Å². The van der Waals surface area contributed by atoms with Crippen LogP contribution in [0.3, 0.4) is 0 Å². The predicted molar refractivity (Wildman–Crippen MR) is 136 cm³/mol. The van der Waals surface area contributed by atoms with Crippen LogP contribution in [-0.2, 0) is 4.79 Å². The molecule has 1 amide bonds. The molecule has 0 aromatic heterocycles. The monoisotopic (exact) mass is 499 g/mol. The quantitative estimate of drug-likeness (QED) is 0.335. The first-order valence-electron chi connectivity index (χ1n) is 11.1. The summed E-state index contributed by atoms with van der Waals surface area (Å²) in [7, 11) is 2.12. The van der Waals surface area contributed by atoms with Crippen LogP contribution in [-0.4, -0.2) is 60.8 Å². The summed E-state index contributed by atoms with van der Waals surface area (Å²) in [6, 6.07) is 5.79. The van der Waals surface area contributed by atoms with Gasteiger partial charge in [-0.15, -0.1) is 6.58 Å². The fourth-order valence-corrected chi connectivity index (χ4v) is 4.56. The maximum absolute atomic E-state index is 13.4. The van der Waals surface area contributed by atoms with E-state index in [-0.39, 0.29) is 23.9 Å². The number of benzene rings is 1. The highest BCUT2D eigenvalue weighted by molar-refractivity contribution is 9.10. The van der Waals surface area contributed by atoms with Gasteiger partial charge in [0.1, 0.15) is 11.9 Å². The van der Waals surface area contributed by atoms with Gasteiger partial charge in [0.15, 0.2) is 0 Å². The molecule has 2 aliphatic heterocycles. The van der Waals surface area contributed by atoms with E-state index in [1.165, 1.54) is 0 Å². The molecule has 0 radical (unpaired) electrons. The number of halogens is 1. The van der Waals surface area contributed by atoms with E-state index < -0.39 is 0 Å². The lowest BCUT2D eigenvalue weighted by Gasteiger charge is -2.31. The molecule has 3 atom stereocenters. The van der Waals surface area contributed by atoms with Gasteiger partial charge >= 0.3 is 0 Å². The molecule has 32 heavy (non-hydrogen) atoms. The Morgan fingerprint density at radius 3 is 2.62 bits per heavy atom. The van der Waals surface area contributed by atoms with Gasteiger partial charge in [-0.05, 0) is 45.0 Å². The summed E-state index contributed by atoms with van der Waals surface area (Å²) in [5, 5.41) is 12.4. The largest absolute Gasteiger partial charge is 0.373 e. The number of piperazine rings is 1. The molecule has 3 unspecified atom stereocenters. The number of carbonyl (C=O) groups excluding carboxylic acids is 1. The van der Waals surface area contributed by atoms with Crippen molar-refractivity contribution in [2.75, 3.05) is 38.1 Å². The molecule has 6 nitrogen and oxygen atoms in total. The third-order valence-corrected chi connectivity index (χ3v) is 6.72. The number of anilines is 1. The second kappa shape index (κ2) is 10.5. The topological polar surface area (TPSA) is 62.7 Å². The standard InChI is InChI=1S/C25H34BrN5O/c1-6-8-20(17(3)7-2)24(27)21-15-19(26)9-10-23(21)31-18(4)28-22(25(31)32)16-30-13-11-29(5)12-14-30/h6-10,15-18,20,27-28H,2,11-14H2,1,3-5H3/b8-6-,22-16-,27-24?. The predicted octanol–water partition coefficient (Wildman–Crippen LogP) is 4.20. The second-order valence-corrected chi connectivity index (χ2v) is 9.51. The number of nitrogens with zero attached hydrogens (tertiary/aromatic N) is 3. The molecule has 1 aromatic carbocycles. The molecule has 2 heterocycles. The van der Waals surface area contributed by atoms with Crippen LogP contribution < -0.4 is 10.2 Å². The maximum atomic E-state index is 13.4. The molecule has 7 heteroatoms. The van der Waals surface area contributed by atoms with Crippen molar-refractivity contribution >= 4 is 33.2 Å². The molecule has 2 N–H and O–H groups in total. The molecule has 2 aliphatic rings. The number of allylic oxidation sites excluding steroid dienone is 3. The van der Waals surface area contributed by atoms with Crippen LogP contribution in [0.15, 0.2) is 59.4 Å². The summed E-state index contributed by atoms with van der Waals surface area (Å²) in [6.07, 6.45) is 7.63. The van der Waals surface area contributed by atoms with Crippen molar-refractivity contribution in [1.29, 1.82) is 5.41 Å². The summed E-state index contributed by atoms with van der Waals surface area (Å²) in [5.41, 5.74) is 2.57. The zero-order chi connectivity index (χ0) is 23.4. The number of carbonyl (C=O) groups is 1. The van der Waals surface area contributed by atoms with Crippen molar-refractivity contribution in [3.8, 4) is 0 Å². The lowest BCUT2D eigenvalue weighted by Crippen LogP contribution is -2.42. The summed E-state index contributed by atoms with van der Waals surface area (Å²) in [6.45, 7) is 13.7.